The molecule has 4 nitrogen and oxygen atoms in total. The lowest BCUT2D eigenvalue weighted by molar-refractivity contribution is 0.367. The van der Waals surface area contributed by atoms with E-state index in [-0.39, 0.29) is 5.43 Å². The summed E-state index contributed by atoms with van der Waals surface area (Å²) in [6, 6.07) is 8.41. The second-order valence-electron chi connectivity index (χ2n) is 5.89. The molecule has 1 fully saturated rings. The second kappa shape index (κ2) is 6.85. The lowest BCUT2D eigenvalue weighted by Gasteiger charge is -2.22. The number of aromatic nitrogens is 2. The van der Waals surface area contributed by atoms with Gasteiger partial charge in [-0.05, 0) is 37.9 Å². The summed E-state index contributed by atoms with van der Waals surface area (Å²) < 4.78 is 1.94. The summed E-state index contributed by atoms with van der Waals surface area (Å²) in [6.07, 6.45) is 9.23. The van der Waals surface area contributed by atoms with Gasteiger partial charge in [0.25, 0.3) is 0 Å². The zero-order valence-electron chi connectivity index (χ0n) is 12.4. The molecule has 1 aliphatic carbocycles. The largest absolute Gasteiger partial charge is 0.314 e. The molecule has 0 bridgehead atoms. The molecule has 1 heterocycles. The van der Waals surface area contributed by atoms with Crippen LogP contribution in [-0.4, -0.2) is 22.4 Å². The molecule has 0 aliphatic heterocycles. The van der Waals surface area contributed by atoms with E-state index in [0.29, 0.717) is 6.04 Å². The minimum atomic E-state index is 0.00202. The van der Waals surface area contributed by atoms with Crippen LogP contribution in [0.15, 0.2) is 35.3 Å². The van der Waals surface area contributed by atoms with Gasteiger partial charge in [-0.3, -0.25) is 9.48 Å². The van der Waals surface area contributed by atoms with Gasteiger partial charge in [0.05, 0.1) is 11.7 Å². The number of benzene rings is 1. The third-order valence-electron chi connectivity index (χ3n) is 4.35. The maximum Gasteiger partial charge on any atom is 0.207 e. The van der Waals surface area contributed by atoms with Crippen molar-refractivity contribution in [2.45, 2.75) is 51.1 Å². The molecule has 1 aliphatic rings. The Balaban J connectivity index is 1.58. The highest BCUT2D eigenvalue weighted by molar-refractivity contribution is 5.77. The quantitative estimate of drug-likeness (QED) is 0.859. The van der Waals surface area contributed by atoms with Gasteiger partial charge in [-0.15, -0.1) is 0 Å². The summed E-state index contributed by atoms with van der Waals surface area (Å²) in [5, 5.41) is 8.67. The molecular formula is C17H23N3O. The number of aryl methyl sites for hydroxylation is 1. The summed E-state index contributed by atoms with van der Waals surface area (Å²) in [5.41, 5.74) is 0.935. The van der Waals surface area contributed by atoms with Crippen molar-refractivity contribution in [3.8, 4) is 0 Å². The van der Waals surface area contributed by atoms with Crippen LogP contribution in [-0.2, 0) is 6.54 Å². The molecule has 2 aromatic rings. The van der Waals surface area contributed by atoms with Crippen LogP contribution in [0.3, 0.4) is 0 Å². The highest BCUT2D eigenvalue weighted by Crippen LogP contribution is 2.17. The molecule has 1 aromatic carbocycles. The van der Waals surface area contributed by atoms with E-state index in [1.807, 2.05) is 28.9 Å². The van der Waals surface area contributed by atoms with Crippen LogP contribution < -0.4 is 10.7 Å². The maximum atomic E-state index is 11.8. The molecule has 4 heteroatoms. The normalized spacial score (nSPS) is 16.4. The van der Waals surface area contributed by atoms with Crippen LogP contribution in [0.4, 0.5) is 0 Å². The van der Waals surface area contributed by atoms with Crippen LogP contribution in [0.25, 0.3) is 10.9 Å². The van der Waals surface area contributed by atoms with E-state index >= 15 is 0 Å². The summed E-state index contributed by atoms with van der Waals surface area (Å²) >= 11 is 0. The van der Waals surface area contributed by atoms with Crippen LogP contribution in [0, 0.1) is 0 Å². The molecule has 1 aromatic heterocycles. The molecule has 3 rings (SSSR count). The van der Waals surface area contributed by atoms with Gasteiger partial charge in [0.2, 0.25) is 5.43 Å². The fourth-order valence-corrected chi connectivity index (χ4v) is 3.18. The van der Waals surface area contributed by atoms with Crippen molar-refractivity contribution in [2.75, 3.05) is 6.54 Å². The van der Waals surface area contributed by atoms with Crippen molar-refractivity contribution >= 4 is 10.9 Å². The van der Waals surface area contributed by atoms with Gasteiger partial charge in [0, 0.05) is 18.0 Å². The number of nitrogens with zero attached hydrogens (tertiary/aromatic N) is 2. The van der Waals surface area contributed by atoms with Gasteiger partial charge in [-0.25, -0.2) is 0 Å². The Bertz CT molecular complexity index is 644. The lowest BCUT2D eigenvalue weighted by Crippen LogP contribution is -2.32. The molecule has 112 valence electrons. The zero-order chi connectivity index (χ0) is 14.5. The van der Waals surface area contributed by atoms with Crippen molar-refractivity contribution in [1.82, 2.24) is 15.1 Å². The van der Waals surface area contributed by atoms with Crippen molar-refractivity contribution in [2.24, 2.45) is 0 Å². The number of rotatable bonds is 5. The first-order valence-corrected chi connectivity index (χ1v) is 8.03. The van der Waals surface area contributed by atoms with E-state index in [2.05, 4.69) is 10.4 Å². The third-order valence-corrected chi connectivity index (χ3v) is 4.35. The van der Waals surface area contributed by atoms with E-state index in [9.17, 15) is 4.79 Å². The van der Waals surface area contributed by atoms with Gasteiger partial charge >= 0.3 is 0 Å². The number of fused-ring (bicyclic) bond motifs is 1. The Hall–Kier alpha value is -1.68. The predicted octanol–water partition coefficient (Wildman–Crippen LogP) is 2.71. The van der Waals surface area contributed by atoms with Crippen LogP contribution in [0.1, 0.15) is 38.5 Å². The van der Waals surface area contributed by atoms with Gasteiger partial charge in [0.1, 0.15) is 0 Å². The van der Waals surface area contributed by atoms with Gasteiger partial charge in [0.15, 0.2) is 0 Å². The Morgan fingerprint density at radius 1 is 1.19 bits per heavy atom. The molecule has 21 heavy (non-hydrogen) atoms. The predicted molar refractivity (Wildman–Crippen MR) is 85.5 cm³/mol. The minimum Gasteiger partial charge on any atom is -0.314 e. The van der Waals surface area contributed by atoms with E-state index in [4.69, 9.17) is 0 Å². The Morgan fingerprint density at radius 2 is 2.00 bits per heavy atom. The fraction of sp³-hybridized carbons (Fsp3) is 0.529. The average Bonchev–Trinajstić information content (AvgIpc) is 2.55. The SMILES string of the molecule is O=c1cnn(CCCNC2CCCCC2)c2ccccc12. The first kappa shape index (κ1) is 14.3. The topological polar surface area (TPSA) is 46.9 Å². The minimum absolute atomic E-state index is 0.00202. The van der Waals surface area contributed by atoms with Gasteiger partial charge in [-0.1, -0.05) is 31.4 Å². The molecule has 0 saturated heterocycles. The number of para-hydroxylation sites is 1. The number of hydrogen-bond donors (Lipinski definition) is 1. The van der Waals surface area contributed by atoms with Crippen molar-refractivity contribution in [3.63, 3.8) is 0 Å². The molecule has 0 amide bonds. The molecule has 0 radical (unpaired) electrons. The van der Waals surface area contributed by atoms with E-state index in [0.717, 1.165) is 30.4 Å². The van der Waals surface area contributed by atoms with Crippen molar-refractivity contribution in [1.29, 1.82) is 0 Å². The fourth-order valence-electron chi connectivity index (χ4n) is 3.18. The molecule has 0 atom stereocenters. The average molecular weight is 285 g/mol. The van der Waals surface area contributed by atoms with Crippen molar-refractivity contribution in [3.05, 3.63) is 40.7 Å². The van der Waals surface area contributed by atoms with Crippen LogP contribution in [0.5, 0.6) is 0 Å². The van der Waals surface area contributed by atoms with Gasteiger partial charge in [-0.2, -0.15) is 5.10 Å². The molecule has 0 spiro atoms. The van der Waals surface area contributed by atoms with E-state index in [1.165, 1.54) is 38.3 Å². The summed E-state index contributed by atoms with van der Waals surface area (Å²) in [5.74, 6) is 0. The molecular weight excluding hydrogens is 262 g/mol. The maximum absolute atomic E-state index is 11.8. The Labute approximate surface area is 125 Å². The molecule has 1 saturated carbocycles. The Morgan fingerprint density at radius 3 is 2.86 bits per heavy atom. The summed E-state index contributed by atoms with van der Waals surface area (Å²) in [7, 11) is 0. The second-order valence-corrected chi connectivity index (χ2v) is 5.89. The Kier molecular flexibility index (Phi) is 4.65. The highest BCUT2D eigenvalue weighted by Gasteiger charge is 2.11. The lowest BCUT2D eigenvalue weighted by atomic mass is 9.95. The van der Waals surface area contributed by atoms with E-state index in [1.54, 1.807) is 0 Å². The zero-order valence-corrected chi connectivity index (χ0v) is 12.4. The van der Waals surface area contributed by atoms with Crippen LogP contribution in [0.2, 0.25) is 0 Å². The van der Waals surface area contributed by atoms with Gasteiger partial charge < -0.3 is 5.32 Å². The van der Waals surface area contributed by atoms with Crippen molar-refractivity contribution < 1.29 is 0 Å². The highest BCUT2D eigenvalue weighted by atomic mass is 16.1. The molecule has 1 N–H and O–H groups in total. The number of hydrogen-bond acceptors (Lipinski definition) is 3. The number of nitrogens with one attached hydrogen (secondary N) is 1. The first-order valence-electron chi connectivity index (χ1n) is 8.03. The van der Waals surface area contributed by atoms with E-state index < -0.39 is 0 Å². The van der Waals surface area contributed by atoms with Crippen LogP contribution >= 0.6 is 0 Å². The smallest absolute Gasteiger partial charge is 0.207 e. The first-order chi connectivity index (χ1) is 10.3. The molecule has 0 unspecified atom stereocenters. The monoisotopic (exact) mass is 285 g/mol. The summed E-state index contributed by atoms with van der Waals surface area (Å²) in [6.45, 7) is 1.87. The standard InChI is InChI=1S/C17H23N3O/c21-17-13-19-20(16-10-5-4-9-15(16)17)12-6-11-18-14-7-2-1-3-8-14/h4-5,9-10,13-14,18H,1-3,6-8,11-12H2. The third kappa shape index (κ3) is 3.50. The summed E-state index contributed by atoms with van der Waals surface area (Å²) in [4.78, 5) is 11.8.